The Kier molecular flexibility index (Phi) is 4.72. The summed E-state index contributed by atoms with van der Waals surface area (Å²) in [7, 11) is -3.20. The van der Waals surface area contributed by atoms with Gasteiger partial charge in [0.05, 0.1) is 10.5 Å². The average Bonchev–Trinajstić information content (AvgIpc) is 2.03. The zero-order valence-corrected chi connectivity index (χ0v) is 7.10. The Balaban J connectivity index is 0.00000169. The Labute approximate surface area is 92.2 Å². The van der Waals surface area contributed by atoms with Crippen molar-refractivity contribution < 1.29 is 21.6 Å². The topological polar surface area (TPSA) is 34.1 Å². The summed E-state index contributed by atoms with van der Waals surface area (Å²) in [5.41, 5.74) is -1.12. The van der Waals surface area contributed by atoms with E-state index in [9.17, 15) is 21.6 Å². The van der Waals surface area contributed by atoms with Crippen molar-refractivity contribution in [3.8, 4) is 0 Å². The van der Waals surface area contributed by atoms with E-state index in [0.29, 0.717) is 0 Å². The molecule has 0 saturated carbocycles. The normalized spacial score (nSPS) is 11.1. The molecule has 0 saturated heterocycles. The van der Waals surface area contributed by atoms with Crippen molar-refractivity contribution in [1.29, 1.82) is 0 Å². The third-order valence-electron chi connectivity index (χ3n) is 1.41. The number of hydrogen-bond donors (Lipinski definition) is 1. The van der Waals surface area contributed by atoms with Crippen molar-refractivity contribution in [1.82, 2.24) is 0 Å². The Bertz CT molecular complexity index is 379. The molecular formula is C7H6F3LiO2S. The summed E-state index contributed by atoms with van der Waals surface area (Å²) in [6.45, 7) is 0. The molecule has 0 aliphatic heterocycles. The molecule has 0 bridgehead atoms. The third kappa shape index (κ3) is 3.05. The Morgan fingerprint density at radius 1 is 1.07 bits per heavy atom. The van der Waals surface area contributed by atoms with Gasteiger partial charge in [-0.15, -0.1) is 0 Å². The van der Waals surface area contributed by atoms with Gasteiger partial charge in [0.1, 0.15) is 0 Å². The quantitative estimate of drug-likeness (QED) is 0.564. The van der Waals surface area contributed by atoms with Gasteiger partial charge in [0, 0.05) is 0 Å². The summed E-state index contributed by atoms with van der Waals surface area (Å²) in [6.07, 6.45) is -4.62. The second-order valence-corrected chi connectivity index (χ2v) is 3.27. The molecule has 0 aliphatic carbocycles. The van der Waals surface area contributed by atoms with E-state index in [-0.39, 0.29) is 18.9 Å². The van der Waals surface area contributed by atoms with E-state index < -0.39 is 27.3 Å². The molecule has 0 aliphatic rings. The molecule has 0 radical (unpaired) electrons. The molecule has 0 fully saturated rings. The third-order valence-corrected chi connectivity index (χ3v) is 2.19. The average molecular weight is 218 g/mol. The summed E-state index contributed by atoms with van der Waals surface area (Å²) >= 11 is 0. The zero-order chi connectivity index (χ0) is 10.1. The van der Waals surface area contributed by atoms with Gasteiger partial charge in [-0.25, -0.2) is 8.42 Å². The molecule has 0 amide bonds. The van der Waals surface area contributed by atoms with E-state index in [0.717, 1.165) is 18.2 Å². The first-order valence-electron chi connectivity index (χ1n) is 3.23. The molecule has 14 heavy (non-hydrogen) atoms. The number of benzene rings is 1. The SMILES string of the molecule is O=[SH](=O)c1ccccc1C(F)(F)F.[LiH]. The van der Waals surface area contributed by atoms with Crippen molar-refractivity contribution in [2.75, 3.05) is 0 Å². The van der Waals surface area contributed by atoms with Gasteiger partial charge >= 0.3 is 25.0 Å². The second kappa shape index (κ2) is 4.87. The van der Waals surface area contributed by atoms with Crippen molar-refractivity contribution in [2.45, 2.75) is 11.1 Å². The molecule has 0 unspecified atom stereocenters. The van der Waals surface area contributed by atoms with Crippen LogP contribution in [0.1, 0.15) is 5.56 Å². The van der Waals surface area contributed by atoms with E-state index >= 15 is 0 Å². The van der Waals surface area contributed by atoms with Crippen LogP contribution in [0.5, 0.6) is 0 Å². The van der Waals surface area contributed by atoms with E-state index in [1.54, 1.807) is 0 Å². The van der Waals surface area contributed by atoms with Gasteiger partial charge in [0.25, 0.3) is 0 Å². The molecule has 0 aromatic heterocycles. The number of halogens is 3. The fourth-order valence-corrected chi connectivity index (χ4v) is 1.48. The number of alkyl halides is 3. The first-order valence-corrected chi connectivity index (χ1v) is 4.41. The predicted octanol–water partition coefficient (Wildman–Crippen LogP) is 1.03. The summed E-state index contributed by atoms with van der Waals surface area (Å²) in [5.74, 6) is 0. The number of hydrogen-bond acceptors (Lipinski definition) is 2. The van der Waals surface area contributed by atoms with E-state index in [2.05, 4.69) is 0 Å². The van der Waals surface area contributed by atoms with Crippen LogP contribution >= 0.6 is 0 Å². The van der Waals surface area contributed by atoms with Gasteiger partial charge in [-0.3, -0.25) is 0 Å². The van der Waals surface area contributed by atoms with Gasteiger partial charge in [0.15, 0.2) is 10.7 Å². The molecule has 1 aromatic carbocycles. The molecule has 1 aromatic rings. The minimum absolute atomic E-state index is 0. The predicted molar refractivity (Wildman–Crippen MR) is 47.2 cm³/mol. The van der Waals surface area contributed by atoms with Gasteiger partial charge in [-0.1, -0.05) is 12.1 Å². The minimum atomic E-state index is -4.62. The molecule has 0 spiro atoms. The maximum atomic E-state index is 12.1. The van der Waals surface area contributed by atoms with Gasteiger partial charge in [0.2, 0.25) is 0 Å². The molecule has 2 nitrogen and oxygen atoms in total. The van der Waals surface area contributed by atoms with Gasteiger partial charge < -0.3 is 0 Å². The monoisotopic (exact) mass is 218 g/mol. The van der Waals surface area contributed by atoms with Crippen LogP contribution in [0.25, 0.3) is 0 Å². The van der Waals surface area contributed by atoms with Crippen LogP contribution in [0.4, 0.5) is 13.2 Å². The van der Waals surface area contributed by atoms with Crippen molar-refractivity contribution in [3.05, 3.63) is 29.8 Å². The van der Waals surface area contributed by atoms with E-state index in [4.69, 9.17) is 0 Å². The van der Waals surface area contributed by atoms with Crippen molar-refractivity contribution in [2.24, 2.45) is 0 Å². The van der Waals surface area contributed by atoms with Crippen molar-refractivity contribution >= 4 is 29.6 Å². The summed E-state index contributed by atoms with van der Waals surface area (Å²) in [6, 6.07) is 4.05. The fourth-order valence-electron chi connectivity index (χ4n) is 0.873. The molecule has 0 atom stereocenters. The van der Waals surface area contributed by atoms with E-state index in [1.165, 1.54) is 6.07 Å². The number of thiol groups is 1. The first-order chi connectivity index (χ1) is 5.93. The van der Waals surface area contributed by atoms with Crippen LogP contribution in [0.3, 0.4) is 0 Å². The molecule has 0 heterocycles. The second-order valence-electron chi connectivity index (χ2n) is 2.27. The van der Waals surface area contributed by atoms with Crippen LogP contribution in [-0.2, 0) is 16.9 Å². The molecular weight excluding hydrogens is 212 g/mol. The molecule has 7 heteroatoms. The molecule has 1 rings (SSSR count). The van der Waals surface area contributed by atoms with Crippen LogP contribution in [0, 0.1) is 0 Å². The zero-order valence-electron chi connectivity index (χ0n) is 6.21. The number of rotatable bonds is 1. The van der Waals surface area contributed by atoms with Gasteiger partial charge in [-0.2, -0.15) is 13.2 Å². The van der Waals surface area contributed by atoms with Gasteiger partial charge in [-0.05, 0) is 12.1 Å². The summed E-state index contributed by atoms with van der Waals surface area (Å²) in [4.78, 5) is -0.690. The Hall–Kier alpha value is -0.443. The van der Waals surface area contributed by atoms with Crippen LogP contribution in [0.2, 0.25) is 0 Å². The van der Waals surface area contributed by atoms with Crippen LogP contribution in [-0.4, -0.2) is 27.3 Å². The summed E-state index contributed by atoms with van der Waals surface area (Å²) < 4.78 is 57.2. The van der Waals surface area contributed by atoms with Crippen molar-refractivity contribution in [3.63, 3.8) is 0 Å². The standard InChI is InChI=1S/C7H5F3O2S.Li.H/c8-7(9,10)5-3-1-2-4-6(5)13(11)12;;/h1-4,13H;;. The fraction of sp³-hybridized carbons (Fsp3) is 0.143. The molecule has 74 valence electrons. The first kappa shape index (κ1) is 13.6. The van der Waals surface area contributed by atoms with Crippen LogP contribution in [0.15, 0.2) is 29.2 Å². The van der Waals surface area contributed by atoms with E-state index in [1.807, 2.05) is 0 Å². The Morgan fingerprint density at radius 2 is 1.57 bits per heavy atom. The Morgan fingerprint density at radius 3 is 1.93 bits per heavy atom. The van der Waals surface area contributed by atoms with Crippen LogP contribution < -0.4 is 0 Å². The summed E-state index contributed by atoms with van der Waals surface area (Å²) in [5, 5.41) is 0. The maximum absolute atomic E-state index is 12.1. The molecule has 0 N–H and O–H groups in total.